The molecule has 2 N–H and O–H groups in total. The predicted molar refractivity (Wildman–Crippen MR) is 102 cm³/mol. The number of nitrogens with zero attached hydrogens (tertiary/aromatic N) is 2. The maximum atomic E-state index is 12.7. The van der Waals surface area contributed by atoms with E-state index in [4.69, 9.17) is 0 Å². The van der Waals surface area contributed by atoms with E-state index in [1.165, 1.54) is 6.92 Å². The van der Waals surface area contributed by atoms with Gasteiger partial charge in [0.05, 0.1) is 23.4 Å². The van der Waals surface area contributed by atoms with Crippen LogP contribution in [0.25, 0.3) is 11.0 Å². The minimum Gasteiger partial charge on any atom is -0.348 e. The summed E-state index contributed by atoms with van der Waals surface area (Å²) >= 11 is 0. The van der Waals surface area contributed by atoms with Crippen molar-refractivity contribution in [3.8, 4) is 0 Å². The van der Waals surface area contributed by atoms with E-state index in [2.05, 4.69) is 15.6 Å². The number of imidazole rings is 1. The zero-order valence-corrected chi connectivity index (χ0v) is 15.1. The fraction of sp³-hybridized carbons (Fsp3) is 0.250. The monoisotopic (exact) mass is 350 g/mol. The number of aromatic nitrogens is 2. The number of benzene rings is 2. The van der Waals surface area contributed by atoms with Gasteiger partial charge in [0.1, 0.15) is 6.04 Å². The van der Waals surface area contributed by atoms with Crippen molar-refractivity contribution < 1.29 is 9.59 Å². The average Bonchev–Trinajstić information content (AvgIpc) is 3.04. The van der Waals surface area contributed by atoms with E-state index in [1.54, 1.807) is 6.33 Å². The molecule has 0 unspecified atom stereocenters. The molecule has 2 aromatic carbocycles. The van der Waals surface area contributed by atoms with Crippen LogP contribution in [0.2, 0.25) is 0 Å². The maximum Gasteiger partial charge on any atom is 0.243 e. The van der Waals surface area contributed by atoms with Crippen LogP contribution in [0, 0.1) is 0 Å². The summed E-state index contributed by atoms with van der Waals surface area (Å²) in [6.07, 6.45) is 1.69. The first-order valence-corrected chi connectivity index (χ1v) is 8.55. The number of carbonyl (C=O) groups is 2. The van der Waals surface area contributed by atoms with Crippen molar-refractivity contribution in [1.29, 1.82) is 0 Å². The Kier molecular flexibility index (Phi) is 5.02. The number of para-hydroxylation sites is 2. The molecule has 3 rings (SSSR count). The molecule has 2 atom stereocenters. The summed E-state index contributed by atoms with van der Waals surface area (Å²) in [5.74, 6) is -0.218. The van der Waals surface area contributed by atoms with E-state index in [0.29, 0.717) is 5.69 Å². The summed E-state index contributed by atoms with van der Waals surface area (Å²) in [5.41, 5.74) is 3.43. The summed E-state index contributed by atoms with van der Waals surface area (Å²) < 4.78 is 1.87. The second-order valence-electron chi connectivity index (χ2n) is 6.35. The molecular formula is C20H22N4O2. The van der Waals surface area contributed by atoms with Crippen molar-refractivity contribution in [2.45, 2.75) is 32.9 Å². The van der Waals surface area contributed by atoms with Gasteiger partial charge in [-0.2, -0.15) is 0 Å². The highest BCUT2D eigenvalue weighted by atomic mass is 16.2. The fourth-order valence-electron chi connectivity index (χ4n) is 2.92. The van der Waals surface area contributed by atoms with E-state index >= 15 is 0 Å². The third kappa shape index (κ3) is 3.74. The number of hydrogen-bond acceptors (Lipinski definition) is 3. The van der Waals surface area contributed by atoms with Gasteiger partial charge >= 0.3 is 0 Å². The Hall–Kier alpha value is -3.15. The Morgan fingerprint density at radius 2 is 1.85 bits per heavy atom. The molecule has 0 saturated heterocycles. The molecule has 3 aromatic rings. The Bertz CT molecular complexity index is 948. The Morgan fingerprint density at radius 3 is 2.62 bits per heavy atom. The van der Waals surface area contributed by atoms with Crippen molar-refractivity contribution in [2.24, 2.45) is 0 Å². The number of fused-ring (bicyclic) bond motifs is 1. The molecule has 0 spiro atoms. The Balaban J connectivity index is 1.73. The third-order valence-electron chi connectivity index (χ3n) is 4.34. The topological polar surface area (TPSA) is 76.0 Å². The van der Waals surface area contributed by atoms with Crippen LogP contribution in [0.3, 0.4) is 0 Å². The van der Waals surface area contributed by atoms with Gasteiger partial charge in [-0.3, -0.25) is 9.59 Å². The molecule has 0 saturated carbocycles. The molecule has 1 aromatic heterocycles. The minimum absolute atomic E-state index is 0.0921. The third-order valence-corrected chi connectivity index (χ3v) is 4.34. The number of hydrogen-bond donors (Lipinski definition) is 2. The largest absolute Gasteiger partial charge is 0.348 e. The number of anilines is 1. The van der Waals surface area contributed by atoms with Crippen LogP contribution >= 0.6 is 0 Å². The number of rotatable bonds is 5. The molecule has 0 aliphatic rings. The van der Waals surface area contributed by atoms with Gasteiger partial charge in [0.15, 0.2) is 0 Å². The summed E-state index contributed by atoms with van der Waals surface area (Å²) in [6, 6.07) is 14.6. The predicted octanol–water partition coefficient (Wildman–Crippen LogP) is 3.43. The maximum absolute atomic E-state index is 12.7. The zero-order valence-electron chi connectivity index (χ0n) is 15.1. The van der Waals surface area contributed by atoms with Crippen molar-refractivity contribution >= 4 is 28.5 Å². The molecule has 26 heavy (non-hydrogen) atoms. The van der Waals surface area contributed by atoms with Gasteiger partial charge in [0.2, 0.25) is 11.8 Å². The SMILES string of the molecule is CC(=O)Nc1cccc([C@@H](C)NC(=O)[C@H](C)n2cnc3ccccc32)c1. The highest BCUT2D eigenvalue weighted by Gasteiger charge is 2.19. The lowest BCUT2D eigenvalue weighted by Gasteiger charge is -2.20. The number of amides is 2. The summed E-state index contributed by atoms with van der Waals surface area (Å²) in [5, 5.41) is 5.78. The van der Waals surface area contributed by atoms with Gasteiger partial charge in [0, 0.05) is 12.6 Å². The molecule has 0 aliphatic heterocycles. The van der Waals surface area contributed by atoms with Gasteiger partial charge in [-0.15, -0.1) is 0 Å². The minimum atomic E-state index is -0.386. The molecule has 6 nitrogen and oxygen atoms in total. The Labute approximate surface area is 152 Å². The molecule has 2 amide bonds. The second kappa shape index (κ2) is 7.39. The lowest BCUT2D eigenvalue weighted by atomic mass is 10.1. The van der Waals surface area contributed by atoms with Crippen LogP contribution in [0.15, 0.2) is 54.9 Å². The van der Waals surface area contributed by atoms with Crippen LogP contribution in [0.5, 0.6) is 0 Å². The fourth-order valence-corrected chi connectivity index (χ4v) is 2.92. The van der Waals surface area contributed by atoms with E-state index < -0.39 is 0 Å². The second-order valence-corrected chi connectivity index (χ2v) is 6.35. The molecule has 0 radical (unpaired) electrons. The van der Waals surface area contributed by atoms with Crippen molar-refractivity contribution in [1.82, 2.24) is 14.9 Å². The summed E-state index contributed by atoms with van der Waals surface area (Å²) in [4.78, 5) is 28.3. The van der Waals surface area contributed by atoms with Gasteiger partial charge in [-0.05, 0) is 43.7 Å². The van der Waals surface area contributed by atoms with Gasteiger partial charge < -0.3 is 15.2 Å². The first-order chi connectivity index (χ1) is 12.5. The van der Waals surface area contributed by atoms with E-state index in [-0.39, 0.29) is 23.9 Å². The molecule has 0 aliphatic carbocycles. The number of nitrogens with one attached hydrogen (secondary N) is 2. The molecule has 134 valence electrons. The summed E-state index contributed by atoms with van der Waals surface area (Å²) in [7, 11) is 0. The zero-order chi connectivity index (χ0) is 18.7. The van der Waals surface area contributed by atoms with Crippen LogP contribution < -0.4 is 10.6 Å². The van der Waals surface area contributed by atoms with Crippen molar-refractivity contribution in [3.05, 3.63) is 60.4 Å². The van der Waals surface area contributed by atoms with Gasteiger partial charge in [-0.1, -0.05) is 24.3 Å². The lowest BCUT2D eigenvalue weighted by molar-refractivity contribution is -0.124. The quantitative estimate of drug-likeness (QED) is 0.740. The molecule has 0 fully saturated rings. The normalized spacial score (nSPS) is 13.2. The molecule has 0 bridgehead atoms. The Morgan fingerprint density at radius 1 is 1.08 bits per heavy atom. The van der Waals surface area contributed by atoms with Crippen LogP contribution in [-0.2, 0) is 9.59 Å². The summed E-state index contributed by atoms with van der Waals surface area (Å²) in [6.45, 7) is 5.24. The van der Waals surface area contributed by atoms with Crippen LogP contribution in [0.1, 0.15) is 38.4 Å². The molecule has 1 heterocycles. The van der Waals surface area contributed by atoms with Crippen molar-refractivity contribution in [2.75, 3.05) is 5.32 Å². The highest BCUT2D eigenvalue weighted by molar-refractivity contribution is 5.88. The number of carbonyl (C=O) groups excluding carboxylic acids is 2. The average molecular weight is 350 g/mol. The first kappa shape index (κ1) is 17.7. The highest BCUT2D eigenvalue weighted by Crippen LogP contribution is 2.20. The smallest absolute Gasteiger partial charge is 0.243 e. The molecular weight excluding hydrogens is 328 g/mol. The standard InChI is InChI=1S/C20H22N4O2/c1-13(16-7-6-8-17(11-16)23-15(3)25)22-20(26)14(2)24-12-21-18-9-4-5-10-19(18)24/h4-14H,1-3H3,(H,22,26)(H,23,25)/t13-,14+/m1/s1. The van der Waals surface area contributed by atoms with Gasteiger partial charge in [-0.25, -0.2) is 4.98 Å². The van der Waals surface area contributed by atoms with Crippen LogP contribution in [0.4, 0.5) is 5.69 Å². The van der Waals surface area contributed by atoms with E-state index in [9.17, 15) is 9.59 Å². The first-order valence-electron chi connectivity index (χ1n) is 8.55. The van der Waals surface area contributed by atoms with Crippen molar-refractivity contribution in [3.63, 3.8) is 0 Å². The van der Waals surface area contributed by atoms with Gasteiger partial charge in [0.25, 0.3) is 0 Å². The van der Waals surface area contributed by atoms with E-state index in [0.717, 1.165) is 16.6 Å². The lowest BCUT2D eigenvalue weighted by Crippen LogP contribution is -2.32. The van der Waals surface area contributed by atoms with E-state index in [1.807, 2.05) is 66.9 Å². The van der Waals surface area contributed by atoms with Crippen LogP contribution in [-0.4, -0.2) is 21.4 Å². The molecule has 6 heteroatoms.